The molecule has 2 rings (SSSR count). The second-order valence-electron chi connectivity index (χ2n) is 7.27. The molecule has 0 amide bonds. The summed E-state index contributed by atoms with van der Waals surface area (Å²) in [6.45, 7) is 4.49. The van der Waals surface area contributed by atoms with E-state index in [0.29, 0.717) is 0 Å². The Morgan fingerprint density at radius 2 is 1.82 bits per heavy atom. The minimum atomic E-state index is -3.63. The van der Waals surface area contributed by atoms with Crippen molar-refractivity contribution in [2.45, 2.75) is 63.2 Å². The standard InChI is InChI=1S/C20H34N4O2S.HI/c1-2-22-20(23-15-6-9-17-7-4-3-5-8-17)24-16-14-18-10-12-19(13-11-18)27(21,25)26;/h10-13,17H,2-9,14-16H2,1H3,(H2,21,25,26)(H2,22,23,24);1H. The molecule has 8 heteroatoms. The van der Waals surface area contributed by atoms with Crippen LogP contribution in [-0.2, 0) is 16.4 Å². The number of guanidine groups is 1. The number of hydrogen-bond donors (Lipinski definition) is 3. The quantitative estimate of drug-likeness (QED) is 0.201. The van der Waals surface area contributed by atoms with E-state index in [1.54, 1.807) is 24.3 Å². The number of primary sulfonamides is 1. The second kappa shape index (κ2) is 13.4. The Morgan fingerprint density at radius 3 is 2.43 bits per heavy atom. The highest BCUT2D eigenvalue weighted by atomic mass is 127. The van der Waals surface area contributed by atoms with Gasteiger partial charge in [0.05, 0.1) is 4.90 Å². The molecule has 6 nitrogen and oxygen atoms in total. The fourth-order valence-electron chi connectivity index (χ4n) is 3.56. The van der Waals surface area contributed by atoms with Gasteiger partial charge in [0.1, 0.15) is 0 Å². The predicted molar refractivity (Wildman–Crippen MR) is 127 cm³/mol. The zero-order chi connectivity index (χ0) is 19.5. The van der Waals surface area contributed by atoms with E-state index in [1.807, 2.05) is 0 Å². The van der Waals surface area contributed by atoms with Gasteiger partial charge in [-0.25, -0.2) is 13.6 Å². The SMILES string of the molecule is CCNC(=NCCCC1CCCCC1)NCCc1ccc(S(N)(=O)=O)cc1.I. The molecule has 28 heavy (non-hydrogen) atoms. The fraction of sp³-hybridized carbons (Fsp3) is 0.650. The Labute approximate surface area is 187 Å². The molecule has 0 heterocycles. The first-order chi connectivity index (χ1) is 13.0. The minimum Gasteiger partial charge on any atom is -0.357 e. The smallest absolute Gasteiger partial charge is 0.238 e. The van der Waals surface area contributed by atoms with E-state index in [0.717, 1.165) is 49.9 Å². The van der Waals surface area contributed by atoms with E-state index >= 15 is 0 Å². The van der Waals surface area contributed by atoms with Crippen LogP contribution < -0.4 is 15.8 Å². The summed E-state index contributed by atoms with van der Waals surface area (Å²) < 4.78 is 22.6. The lowest BCUT2D eigenvalue weighted by molar-refractivity contribution is 0.334. The number of sulfonamides is 1. The zero-order valence-electron chi connectivity index (χ0n) is 16.8. The van der Waals surface area contributed by atoms with Crippen molar-refractivity contribution in [3.05, 3.63) is 29.8 Å². The molecular formula is C20H35IN4O2S. The maximum absolute atomic E-state index is 11.3. The van der Waals surface area contributed by atoms with Crippen LogP contribution in [0.4, 0.5) is 0 Å². The van der Waals surface area contributed by atoms with Gasteiger partial charge in [-0.05, 0) is 49.8 Å². The number of aliphatic imine (C=N–C) groups is 1. The highest BCUT2D eigenvalue weighted by Crippen LogP contribution is 2.27. The van der Waals surface area contributed by atoms with Crippen LogP contribution in [0.1, 0.15) is 57.4 Å². The number of benzene rings is 1. The van der Waals surface area contributed by atoms with Crippen LogP contribution in [0.15, 0.2) is 34.2 Å². The summed E-state index contributed by atoms with van der Waals surface area (Å²) in [4.78, 5) is 4.82. The maximum atomic E-state index is 11.3. The Bertz CT molecular complexity index is 687. The number of hydrogen-bond acceptors (Lipinski definition) is 3. The van der Waals surface area contributed by atoms with Gasteiger partial charge in [0.15, 0.2) is 5.96 Å². The maximum Gasteiger partial charge on any atom is 0.238 e. The van der Waals surface area contributed by atoms with Gasteiger partial charge in [-0.3, -0.25) is 4.99 Å². The van der Waals surface area contributed by atoms with Crippen molar-refractivity contribution < 1.29 is 8.42 Å². The number of halogens is 1. The lowest BCUT2D eigenvalue weighted by Gasteiger charge is -2.20. The molecule has 0 unspecified atom stereocenters. The summed E-state index contributed by atoms with van der Waals surface area (Å²) in [5.41, 5.74) is 1.06. The van der Waals surface area contributed by atoms with Crippen molar-refractivity contribution in [3.8, 4) is 0 Å². The van der Waals surface area contributed by atoms with E-state index in [4.69, 9.17) is 5.14 Å². The molecule has 1 aliphatic carbocycles. The van der Waals surface area contributed by atoms with Crippen LogP contribution in [0.5, 0.6) is 0 Å². The average Bonchev–Trinajstić information content (AvgIpc) is 2.66. The molecule has 0 saturated heterocycles. The van der Waals surface area contributed by atoms with Crippen molar-refractivity contribution in [2.75, 3.05) is 19.6 Å². The monoisotopic (exact) mass is 522 g/mol. The highest BCUT2D eigenvalue weighted by molar-refractivity contribution is 14.0. The Balaban J connectivity index is 0.00000392. The minimum absolute atomic E-state index is 0. The van der Waals surface area contributed by atoms with Gasteiger partial charge in [-0.1, -0.05) is 44.2 Å². The van der Waals surface area contributed by atoms with Crippen molar-refractivity contribution in [2.24, 2.45) is 16.0 Å². The van der Waals surface area contributed by atoms with E-state index in [1.165, 1.54) is 38.5 Å². The van der Waals surface area contributed by atoms with Crippen LogP contribution in [0, 0.1) is 5.92 Å². The third kappa shape index (κ3) is 9.56. The second-order valence-corrected chi connectivity index (χ2v) is 8.83. The molecular weight excluding hydrogens is 487 g/mol. The van der Waals surface area contributed by atoms with Crippen LogP contribution in [0.25, 0.3) is 0 Å². The molecule has 1 fully saturated rings. The first-order valence-electron chi connectivity index (χ1n) is 10.1. The van der Waals surface area contributed by atoms with Crippen molar-refractivity contribution >= 4 is 40.0 Å². The zero-order valence-corrected chi connectivity index (χ0v) is 20.0. The predicted octanol–water partition coefficient (Wildman–Crippen LogP) is 3.41. The fourth-order valence-corrected chi connectivity index (χ4v) is 4.07. The lowest BCUT2D eigenvalue weighted by Crippen LogP contribution is -2.38. The molecule has 0 radical (unpaired) electrons. The number of rotatable bonds is 9. The summed E-state index contributed by atoms with van der Waals surface area (Å²) in [5.74, 6) is 1.76. The summed E-state index contributed by atoms with van der Waals surface area (Å²) in [7, 11) is -3.63. The third-order valence-corrected chi connectivity index (χ3v) is 6.00. The van der Waals surface area contributed by atoms with Crippen molar-refractivity contribution in [3.63, 3.8) is 0 Å². The Kier molecular flexibility index (Phi) is 12.0. The van der Waals surface area contributed by atoms with E-state index in [2.05, 4.69) is 22.5 Å². The normalized spacial score (nSPS) is 15.7. The highest BCUT2D eigenvalue weighted by Gasteiger charge is 2.12. The summed E-state index contributed by atoms with van der Waals surface area (Å²) >= 11 is 0. The number of nitrogens with two attached hydrogens (primary N) is 1. The molecule has 1 aliphatic rings. The first-order valence-corrected chi connectivity index (χ1v) is 11.7. The van der Waals surface area contributed by atoms with Crippen LogP contribution >= 0.6 is 24.0 Å². The van der Waals surface area contributed by atoms with E-state index < -0.39 is 10.0 Å². The molecule has 160 valence electrons. The molecule has 0 spiro atoms. The molecule has 4 N–H and O–H groups in total. The Morgan fingerprint density at radius 1 is 1.14 bits per heavy atom. The van der Waals surface area contributed by atoms with E-state index in [-0.39, 0.29) is 28.9 Å². The van der Waals surface area contributed by atoms with Gasteiger partial charge in [-0.2, -0.15) is 0 Å². The Hall–Kier alpha value is -0.870. The molecule has 0 atom stereocenters. The van der Waals surface area contributed by atoms with Crippen LogP contribution in [0.3, 0.4) is 0 Å². The third-order valence-electron chi connectivity index (χ3n) is 5.07. The summed E-state index contributed by atoms with van der Waals surface area (Å²) in [6, 6.07) is 6.70. The molecule has 0 aliphatic heterocycles. The van der Waals surface area contributed by atoms with Gasteiger partial charge >= 0.3 is 0 Å². The molecule has 1 aromatic rings. The topological polar surface area (TPSA) is 96.6 Å². The summed E-state index contributed by atoms with van der Waals surface area (Å²) in [5, 5.41) is 11.7. The lowest BCUT2D eigenvalue weighted by atomic mass is 9.86. The number of nitrogens with one attached hydrogen (secondary N) is 2. The van der Waals surface area contributed by atoms with Crippen LogP contribution in [0.2, 0.25) is 0 Å². The van der Waals surface area contributed by atoms with E-state index in [9.17, 15) is 8.42 Å². The van der Waals surface area contributed by atoms with Gasteiger partial charge in [0, 0.05) is 19.6 Å². The van der Waals surface area contributed by atoms with Crippen LogP contribution in [-0.4, -0.2) is 34.0 Å². The van der Waals surface area contributed by atoms with Gasteiger partial charge < -0.3 is 10.6 Å². The molecule has 0 aromatic heterocycles. The van der Waals surface area contributed by atoms with Crippen molar-refractivity contribution in [1.29, 1.82) is 0 Å². The van der Waals surface area contributed by atoms with Crippen molar-refractivity contribution in [1.82, 2.24) is 10.6 Å². The number of nitrogens with zero attached hydrogens (tertiary/aromatic N) is 1. The summed E-state index contributed by atoms with van der Waals surface area (Å²) in [6.07, 6.45) is 10.2. The largest absolute Gasteiger partial charge is 0.357 e. The molecule has 1 aromatic carbocycles. The first kappa shape index (κ1) is 25.2. The molecule has 0 bridgehead atoms. The van der Waals surface area contributed by atoms with Gasteiger partial charge in [-0.15, -0.1) is 24.0 Å². The average molecular weight is 522 g/mol. The van der Waals surface area contributed by atoms with Gasteiger partial charge in [0.2, 0.25) is 10.0 Å². The molecule has 1 saturated carbocycles. The van der Waals surface area contributed by atoms with Gasteiger partial charge in [0.25, 0.3) is 0 Å².